The Kier molecular flexibility index (Phi) is 3.10. The Labute approximate surface area is 106 Å². The summed E-state index contributed by atoms with van der Waals surface area (Å²) in [6.07, 6.45) is 1.61. The zero-order chi connectivity index (χ0) is 12.6. The predicted molar refractivity (Wildman–Crippen MR) is 65.3 cm³/mol. The molecule has 1 saturated heterocycles. The van der Waals surface area contributed by atoms with Crippen LogP contribution < -0.4 is 4.90 Å². The van der Waals surface area contributed by atoms with Crippen LogP contribution in [0.2, 0.25) is 0 Å². The van der Waals surface area contributed by atoms with Crippen molar-refractivity contribution < 1.29 is 9.72 Å². The molecule has 6 nitrogen and oxygen atoms in total. The van der Waals surface area contributed by atoms with Crippen LogP contribution in [0.15, 0.2) is 12.3 Å². The second-order valence-electron chi connectivity index (χ2n) is 3.90. The topological polar surface area (TPSA) is 76.3 Å². The van der Waals surface area contributed by atoms with E-state index in [4.69, 9.17) is 0 Å². The van der Waals surface area contributed by atoms with E-state index in [1.54, 1.807) is 11.8 Å². The number of pyridine rings is 1. The fourth-order valence-electron chi connectivity index (χ4n) is 1.80. The first-order chi connectivity index (χ1) is 7.99. The summed E-state index contributed by atoms with van der Waals surface area (Å²) in [5, 5.41) is 10.6. The van der Waals surface area contributed by atoms with E-state index in [2.05, 4.69) is 20.9 Å². The molecule has 17 heavy (non-hydrogen) atoms. The minimum absolute atomic E-state index is 0.0173. The van der Waals surface area contributed by atoms with Crippen LogP contribution in [0.3, 0.4) is 0 Å². The summed E-state index contributed by atoms with van der Waals surface area (Å²) >= 11 is 3.38. The molecule has 90 valence electrons. The Bertz CT molecular complexity index is 492. The molecule has 0 bridgehead atoms. The molecule has 1 fully saturated rings. The SMILES string of the molecule is Cc1cc([N+](=O)[O-])cnc1N1CC(Br)CC1=O. The van der Waals surface area contributed by atoms with E-state index in [-0.39, 0.29) is 16.4 Å². The fourth-order valence-corrected chi connectivity index (χ4v) is 2.37. The van der Waals surface area contributed by atoms with Gasteiger partial charge in [0.05, 0.1) is 4.92 Å². The van der Waals surface area contributed by atoms with E-state index in [1.165, 1.54) is 12.3 Å². The lowest BCUT2D eigenvalue weighted by Gasteiger charge is -2.16. The third kappa shape index (κ3) is 2.28. The number of nitrogens with zero attached hydrogens (tertiary/aromatic N) is 3. The number of aromatic nitrogens is 1. The number of carbonyl (C=O) groups is 1. The average molecular weight is 300 g/mol. The average Bonchev–Trinajstić information content (AvgIpc) is 2.57. The lowest BCUT2D eigenvalue weighted by Crippen LogP contribution is -2.26. The van der Waals surface area contributed by atoms with Crippen LogP contribution >= 0.6 is 15.9 Å². The number of alkyl halides is 1. The van der Waals surface area contributed by atoms with Gasteiger partial charge in [0, 0.05) is 23.9 Å². The van der Waals surface area contributed by atoms with Gasteiger partial charge in [-0.1, -0.05) is 15.9 Å². The number of nitro groups is 1. The zero-order valence-corrected chi connectivity index (χ0v) is 10.7. The number of amides is 1. The molecule has 2 rings (SSSR count). The Balaban J connectivity index is 2.34. The van der Waals surface area contributed by atoms with Crippen molar-refractivity contribution in [3.63, 3.8) is 0 Å². The van der Waals surface area contributed by atoms with Crippen molar-refractivity contribution in [2.24, 2.45) is 0 Å². The van der Waals surface area contributed by atoms with Gasteiger partial charge in [0.1, 0.15) is 12.0 Å². The van der Waals surface area contributed by atoms with Gasteiger partial charge in [-0.3, -0.25) is 19.8 Å². The minimum atomic E-state index is -0.497. The number of aryl methyl sites for hydroxylation is 1. The molecule has 0 N–H and O–H groups in total. The van der Waals surface area contributed by atoms with Crippen molar-refractivity contribution in [2.45, 2.75) is 18.2 Å². The Morgan fingerprint density at radius 2 is 2.35 bits per heavy atom. The normalized spacial score (nSPS) is 19.8. The molecule has 1 unspecified atom stereocenters. The second kappa shape index (κ2) is 4.40. The van der Waals surface area contributed by atoms with Crippen LogP contribution in [-0.2, 0) is 4.79 Å². The van der Waals surface area contributed by atoms with Gasteiger partial charge >= 0.3 is 0 Å². The number of halogens is 1. The smallest absolute Gasteiger partial charge is 0.287 e. The quantitative estimate of drug-likeness (QED) is 0.474. The fraction of sp³-hybridized carbons (Fsp3) is 0.400. The molecule has 1 aliphatic heterocycles. The third-order valence-electron chi connectivity index (χ3n) is 2.58. The Morgan fingerprint density at radius 1 is 1.65 bits per heavy atom. The van der Waals surface area contributed by atoms with Crippen LogP contribution in [-0.4, -0.2) is 27.2 Å². The summed E-state index contributed by atoms with van der Waals surface area (Å²) < 4.78 is 0. The van der Waals surface area contributed by atoms with Crippen molar-refractivity contribution in [3.05, 3.63) is 27.9 Å². The first-order valence-electron chi connectivity index (χ1n) is 5.04. The van der Waals surface area contributed by atoms with E-state index in [9.17, 15) is 14.9 Å². The van der Waals surface area contributed by atoms with Gasteiger partial charge in [-0.05, 0) is 12.5 Å². The summed E-state index contributed by atoms with van der Waals surface area (Å²) in [5.74, 6) is 0.485. The molecule has 1 amide bonds. The summed E-state index contributed by atoms with van der Waals surface area (Å²) in [4.78, 5) is 27.4. The molecule has 7 heteroatoms. The number of hydrogen-bond donors (Lipinski definition) is 0. The molecule has 1 aliphatic rings. The van der Waals surface area contributed by atoms with Crippen molar-refractivity contribution in [3.8, 4) is 0 Å². The Morgan fingerprint density at radius 3 is 2.82 bits per heavy atom. The van der Waals surface area contributed by atoms with Crippen LogP contribution in [0.1, 0.15) is 12.0 Å². The first-order valence-corrected chi connectivity index (χ1v) is 5.96. The van der Waals surface area contributed by atoms with Gasteiger partial charge in [0.15, 0.2) is 0 Å². The van der Waals surface area contributed by atoms with E-state index in [0.29, 0.717) is 24.3 Å². The maximum atomic E-state index is 11.7. The van der Waals surface area contributed by atoms with Gasteiger partial charge in [-0.25, -0.2) is 4.98 Å². The van der Waals surface area contributed by atoms with Crippen molar-refractivity contribution >= 4 is 33.3 Å². The molecule has 0 aromatic carbocycles. The molecule has 1 atom stereocenters. The summed E-state index contributed by atoms with van der Waals surface area (Å²) in [6.45, 7) is 2.26. The van der Waals surface area contributed by atoms with Crippen LogP contribution in [0, 0.1) is 17.0 Å². The zero-order valence-electron chi connectivity index (χ0n) is 9.09. The lowest BCUT2D eigenvalue weighted by atomic mass is 10.2. The Hall–Kier alpha value is -1.50. The largest absolute Gasteiger partial charge is 0.295 e. The van der Waals surface area contributed by atoms with Crippen molar-refractivity contribution in [1.82, 2.24) is 4.98 Å². The summed E-state index contributed by atoms with van der Waals surface area (Å²) in [6, 6.07) is 1.43. The molecule has 0 spiro atoms. The highest BCUT2D eigenvalue weighted by atomic mass is 79.9. The summed E-state index contributed by atoms with van der Waals surface area (Å²) in [7, 11) is 0. The number of anilines is 1. The van der Waals surface area contributed by atoms with E-state index in [0.717, 1.165) is 0 Å². The van der Waals surface area contributed by atoms with Gasteiger partial charge in [-0.15, -0.1) is 0 Å². The number of rotatable bonds is 2. The van der Waals surface area contributed by atoms with Gasteiger partial charge < -0.3 is 0 Å². The molecule has 1 aromatic rings. The molecular formula is C10H10BrN3O3. The third-order valence-corrected chi connectivity index (χ3v) is 3.19. The van der Waals surface area contributed by atoms with E-state index < -0.39 is 4.92 Å². The molecule has 2 heterocycles. The highest BCUT2D eigenvalue weighted by Crippen LogP contribution is 2.27. The molecule has 1 aromatic heterocycles. The second-order valence-corrected chi connectivity index (χ2v) is 5.19. The van der Waals surface area contributed by atoms with Gasteiger partial charge in [-0.2, -0.15) is 0 Å². The van der Waals surface area contributed by atoms with Crippen LogP contribution in [0.25, 0.3) is 0 Å². The highest BCUT2D eigenvalue weighted by molar-refractivity contribution is 9.09. The van der Waals surface area contributed by atoms with Crippen LogP contribution in [0.5, 0.6) is 0 Å². The monoisotopic (exact) mass is 299 g/mol. The number of carbonyl (C=O) groups excluding carboxylic acids is 1. The predicted octanol–water partition coefficient (Wildman–Crippen LogP) is 1.80. The molecular weight excluding hydrogens is 290 g/mol. The lowest BCUT2D eigenvalue weighted by molar-refractivity contribution is -0.385. The maximum absolute atomic E-state index is 11.7. The summed E-state index contributed by atoms with van der Waals surface area (Å²) in [5.41, 5.74) is 0.572. The van der Waals surface area contributed by atoms with E-state index >= 15 is 0 Å². The highest BCUT2D eigenvalue weighted by Gasteiger charge is 2.30. The van der Waals surface area contributed by atoms with Crippen molar-refractivity contribution in [1.29, 1.82) is 0 Å². The maximum Gasteiger partial charge on any atom is 0.287 e. The number of hydrogen-bond acceptors (Lipinski definition) is 4. The van der Waals surface area contributed by atoms with Crippen LogP contribution in [0.4, 0.5) is 11.5 Å². The molecule has 0 saturated carbocycles. The van der Waals surface area contributed by atoms with E-state index in [1.807, 2.05) is 0 Å². The minimum Gasteiger partial charge on any atom is -0.295 e. The molecule has 0 aliphatic carbocycles. The van der Waals surface area contributed by atoms with Gasteiger partial charge in [0.25, 0.3) is 5.69 Å². The van der Waals surface area contributed by atoms with Gasteiger partial charge in [0.2, 0.25) is 5.91 Å². The standard InChI is InChI=1S/C10H10BrN3O3/c1-6-2-8(14(16)17)4-12-10(6)13-5-7(11)3-9(13)15/h2,4,7H,3,5H2,1H3. The molecule has 0 radical (unpaired) electrons. The van der Waals surface area contributed by atoms with Crippen molar-refractivity contribution in [2.75, 3.05) is 11.4 Å². The first kappa shape index (κ1) is 12.0.